The first kappa shape index (κ1) is 14.1. The highest BCUT2D eigenvalue weighted by Gasteiger charge is 2.33. The van der Waals surface area contributed by atoms with Crippen LogP contribution in [0.1, 0.15) is 30.5 Å². The highest BCUT2D eigenvalue weighted by Crippen LogP contribution is 2.34. The Labute approximate surface area is 125 Å². The summed E-state index contributed by atoms with van der Waals surface area (Å²) in [5.74, 6) is 0.482. The minimum Gasteiger partial charge on any atom is -0.488 e. The van der Waals surface area contributed by atoms with Crippen LogP contribution in [0.4, 0.5) is 4.39 Å². The van der Waals surface area contributed by atoms with E-state index < -0.39 is 0 Å². The third kappa shape index (κ3) is 3.08. The van der Waals surface area contributed by atoms with Crippen molar-refractivity contribution < 1.29 is 9.13 Å². The summed E-state index contributed by atoms with van der Waals surface area (Å²) in [7, 11) is 0. The Morgan fingerprint density at radius 1 is 1.14 bits per heavy atom. The van der Waals surface area contributed by atoms with Crippen molar-refractivity contribution in [2.75, 3.05) is 6.54 Å². The Hall–Kier alpha value is -1.87. The van der Waals surface area contributed by atoms with E-state index in [9.17, 15) is 4.39 Å². The summed E-state index contributed by atoms with van der Waals surface area (Å²) in [5, 5.41) is 3.57. The maximum Gasteiger partial charge on any atom is 0.123 e. The molecule has 21 heavy (non-hydrogen) atoms. The number of fused-ring (bicyclic) bond motifs is 1. The molecule has 2 atom stereocenters. The molecule has 0 spiro atoms. The van der Waals surface area contributed by atoms with Gasteiger partial charge >= 0.3 is 0 Å². The monoisotopic (exact) mass is 285 g/mol. The molecule has 0 amide bonds. The molecule has 0 bridgehead atoms. The van der Waals surface area contributed by atoms with Gasteiger partial charge in [0, 0.05) is 6.42 Å². The lowest BCUT2D eigenvalue weighted by Crippen LogP contribution is -2.33. The zero-order chi connectivity index (χ0) is 14.7. The molecular weight excluding hydrogens is 265 g/mol. The molecule has 1 N–H and O–H groups in total. The second kappa shape index (κ2) is 6.27. The zero-order valence-corrected chi connectivity index (χ0v) is 12.2. The smallest absolute Gasteiger partial charge is 0.123 e. The predicted molar refractivity (Wildman–Crippen MR) is 82.0 cm³/mol. The van der Waals surface area contributed by atoms with Crippen molar-refractivity contribution in [1.29, 1.82) is 0 Å². The summed E-state index contributed by atoms with van der Waals surface area (Å²) in [4.78, 5) is 0. The van der Waals surface area contributed by atoms with E-state index in [0.717, 1.165) is 25.1 Å². The zero-order valence-electron chi connectivity index (χ0n) is 12.2. The second-order valence-electron chi connectivity index (χ2n) is 5.44. The van der Waals surface area contributed by atoms with Gasteiger partial charge in [-0.05, 0) is 48.4 Å². The molecule has 0 saturated carbocycles. The van der Waals surface area contributed by atoms with Gasteiger partial charge in [0.1, 0.15) is 17.7 Å². The molecule has 0 aliphatic heterocycles. The van der Waals surface area contributed by atoms with Gasteiger partial charge < -0.3 is 10.1 Å². The Balaban J connectivity index is 1.79. The summed E-state index contributed by atoms with van der Waals surface area (Å²) in [6, 6.07) is 14.9. The molecule has 1 aliphatic carbocycles. The summed E-state index contributed by atoms with van der Waals surface area (Å²) in [6.07, 6.45) is 2.02. The third-order valence-electron chi connectivity index (χ3n) is 3.90. The Bertz CT molecular complexity index is 596. The standard InChI is InChI=1S/C18H20FNO/c1-2-11-20-18-16-6-4-3-5-13(16)12-17(18)21-15-9-7-14(19)8-10-15/h3-10,17-18,20H,2,11-12H2,1H3. The van der Waals surface area contributed by atoms with Crippen LogP contribution < -0.4 is 10.1 Å². The van der Waals surface area contributed by atoms with E-state index in [0.29, 0.717) is 0 Å². The number of ether oxygens (including phenoxy) is 1. The first-order chi connectivity index (χ1) is 10.3. The predicted octanol–water partition coefficient (Wildman–Crippen LogP) is 3.87. The lowest BCUT2D eigenvalue weighted by molar-refractivity contribution is 0.167. The normalized spacial score (nSPS) is 20.3. The Kier molecular flexibility index (Phi) is 4.20. The fraction of sp³-hybridized carbons (Fsp3) is 0.333. The van der Waals surface area contributed by atoms with Gasteiger partial charge in [0.05, 0.1) is 6.04 Å². The third-order valence-corrected chi connectivity index (χ3v) is 3.90. The van der Waals surface area contributed by atoms with Crippen LogP contribution in [0.15, 0.2) is 48.5 Å². The Morgan fingerprint density at radius 2 is 1.90 bits per heavy atom. The van der Waals surface area contributed by atoms with Crippen LogP contribution in [0, 0.1) is 5.82 Å². The quantitative estimate of drug-likeness (QED) is 0.900. The highest BCUT2D eigenvalue weighted by atomic mass is 19.1. The van der Waals surface area contributed by atoms with E-state index in [-0.39, 0.29) is 18.0 Å². The summed E-state index contributed by atoms with van der Waals surface area (Å²) in [6.45, 7) is 3.12. The van der Waals surface area contributed by atoms with E-state index in [1.807, 2.05) is 0 Å². The van der Waals surface area contributed by atoms with Crippen molar-refractivity contribution in [3.8, 4) is 5.75 Å². The number of hydrogen-bond acceptors (Lipinski definition) is 2. The largest absolute Gasteiger partial charge is 0.488 e. The van der Waals surface area contributed by atoms with Gasteiger partial charge in [0.25, 0.3) is 0 Å². The molecule has 0 fully saturated rings. The van der Waals surface area contributed by atoms with Gasteiger partial charge in [-0.15, -0.1) is 0 Å². The maximum absolute atomic E-state index is 13.0. The van der Waals surface area contributed by atoms with Gasteiger partial charge in [-0.3, -0.25) is 0 Å². The number of benzene rings is 2. The van der Waals surface area contributed by atoms with Crippen molar-refractivity contribution in [2.45, 2.75) is 31.9 Å². The van der Waals surface area contributed by atoms with Crippen LogP contribution in [0.3, 0.4) is 0 Å². The molecule has 2 aromatic rings. The molecule has 2 nitrogen and oxygen atoms in total. The molecule has 2 aromatic carbocycles. The van der Waals surface area contributed by atoms with Crippen LogP contribution in [0.5, 0.6) is 5.75 Å². The second-order valence-corrected chi connectivity index (χ2v) is 5.44. The van der Waals surface area contributed by atoms with Crippen LogP contribution in [0.25, 0.3) is 0 Å². The molecule has 3 rings (SSSR count). The van der Waals surface area contributed by atoms with Gasteiger partial charge in [0.2, 0.25) is 0 Å². The van der Waals surface area contributed by atoms with Gasteiger partial charge in [0.15, 0.2) is 0 Å². The van der Waals surface area contributed by atoms with E-state index in [1.165, 1.54) is 23.3 Å². The summed E-state index contributed by atoms with van der Waals surface area (Å²) < 4.78 is 19.1. The maximum atomic E-state index is 13.0. The van der Waals surface area contributed by atoms with Crippen LogP contribution in [-0.4, -0.2) is 12.6 Å². The van der Waals surface area contributed by atoms with E-state index in [2.05, 4.69) is 36.5 Å². The van der Waals surface area contributed by atoms with Crippen molar-refractivity contribution in [1.82, 2.24) is 5.32 Å². The first-order valence-corrected chi connectivity index (χ1v) is 7.51. The fourth-order valence-corrected chi connectivity index (χ4v) is 2.90. The molecule has 0 saturated heterocycles. The average Bonchev–Trinajstić information content (AvgIpc) is 2.85. The van der Waals surface area contributed by atoms with Crippen molar-refractivity contribution in [3.05, 3.63) is 65.5 Å². The first-order valence-electron chi connectivity index (χ1n) is 7.51. The minimum atomic E-state index is -0.238. The molecule has 2 unspecified atom stereocenters. The Morgan fingerprint density at radius 3 is 2.67 bits per heavy atom. The van der Waals surface area contributed by atoms with Gasteiger partial charge in [-0.25, -0.2) is 4.39 Å². The summed E-state index contributed by atoms with van der Waals surface area (Å²) >= 11 is 0. The SMILES string of the molecule is CCCNC1c2ccccc2CC1Oc1ccc(F)cc1. The minimum absolute atomic E-state index is 0.0550. The number of hydrogen-bond donors (Lipinski definition) is 1. The molecule has 0 heterocycles. The molecule has 110 valence electrons. The van der Waals surface area contributed by atoms with E-state index in [4.69, 9.17) is 4.74 Å². The van der Waals surface area contributed by atoms with Crippen LogP contribution in [0.2, 0.25) is 0 Å². The lowest BCUT2D eigenvalue weighted by atomic mass is 10.1. The van der Waals surface area contributed by atoms with Crippen molar-refractivity contribution >= 4 is 0 Å². The van der Waals surface area contributed by atoms with Gasteiger partial charge in [-0.2, -0.15) is 0 Å². The average molecular weight is 285 g/mol. The number of nitrogens with one attached hydrogen (secondary N) is 1. The molecule has 0 aromatic heterocycles. The number of rotatable bonds is 5. The molecule has 3 heteroatoms. The molecular formula is C18H20FNO. The summed E-state index contributed by atoms with van der Waals surface area (Å²) in [5.41, 5.74) is 2.65. The van der Waals surface area contributed by atoms with Crippen LogP contribution >= 0.6 is 0 Å². The van der Waals surface area contributed by atoms with Crippen LogP contribution in [-0.2, 0) is 6.42 Å². The topological polar surface area (TPSA) is 21.3 Å². The highest BCUT2D eigenvalue weighted by molar-refractivity contribution is 5.37. The molecule has 0 radical (unpaired) electrons. The van der Waals surface area contributed by atoms with Crippen molar-refractivity contribution in [2.24, 2.45) is 0 Å². The number of halogens is 1. The van der Waals surface area contributed by atoms with Crippen molar-refractivity contribution in [3.63, 3.8) is 0 Å². The lowest BCUT2D eigenvalue weighted by Gasteiger charge is -2.23. The van der Waals surface area contributed by atoms with E-state index >= 15 is 0 Å². The van der Waals surface area contributed by atoms with Gasteiger partial charge in [-0.1, -0.05) is 31.2 Å². The fourth-order valence-electron chi connectivity index (χ4n) is 2.90. The molecule has 1 aliphatic rings. The van der Waals surface area contributed by atoms with E-state index in [1.54, 1.807) is 12.1 Å².